The quantitative estimate of drug-likeness (QED) is 0.795. The van der Waals surface area contributed by atoms with E-state index in [1.807, 2.05) is 0 Å². The first-order chi connectivity index (χ1) is 11.0. The molecule has 0 atom stereocenters. The first kappa shape index (κ1) is 15.7. The Morgan fingerprint density at radius 1 is 1.26 bits per heavy atom. The minimum Gasteiger partial charge on any atom is -0.287 e. The molecule has 3 rings (SSSR count). The van der Waals surface area contributed by atoms with Gasteiger partial charge in [-0.15, -0.1) is 11.3 Å². The van der Waals surface area contributed by atoms with Crippen LogP contribution in [0.15, 0.2) is 4.79 Å². The summed E-state index contributed by atoms with van der Waals surface area (Å²) >= 11 is 1.59. The zero-order chi connectivity index (χ0) is 16.6. The Balaban J connectivity index is 1.99. The number of aromatic nitrogens is 2. The first-order valence-corrected chi connectivity index (χ1v) is 8.36. The summed E-state index contributed by atoms with van der Waals surface area (Å²) in [7, 11) is 0. The van der Waals surface area contributed by atoms with E-state index in [2.05, 4.69) is 15.8 Å². The number of hydrogen-bond acceptors (Lipinski definition) is 5. The van der Waals surface area contributed by atoms with Crippen LogP contribution in [-0.2, 0) is 29.0 Å². The third-order valence-electron chi connectivity index (χ3n) is 3.95. The zero-order valence-electron chi connectivity index (χ0n) is 13.1. The number of aryl methyl sites for hydroxylation is 3. The van der Waals surface area contributed by atoms with Gasteiger partial charge >= 0.3 is 0 Å². The molecule has 0 spiro atoms. The van der Waals surface area contributed by atoms with Crippen molar-refractivity contribution in [2.24, 2.45) is 0 Å². The van der Waals surface area contributed by atoms with Gasteiger partial charge in [-0.05, 0) is 38.2 Å². The van der Waals surface area contributed by atoms with Crippen molar-refractivity contribution in [2.45, 2.75) is 46.1 Å². The van der Waals surface area contributed by atoms with Gasteiger partial charge in [-0.2, -0.15) is 0 Å². The van der Waals surface area contributed by atoms with Crippen LogP contribution >= 0.6 is 11.3 Å². The van der Waals surface area contributed by atoms with Crippen molar-refractivity contribution in [2.75, 3.05) is 0 Å². The van der Waals surface area contributed by atoms with Gasteiger partial charge in [0, 0.05) is 11.8 Å². The molecule has 0 saturated carbocycles. The predicted octanol–water partition coefficient (Wildman–Crippen LogP) is 0.813. The highest BCUT2D eigenvalue weighted by Gasteiger charge is 2.21. The Morgan fingerprint density at radius 3 is 2.74 bits per heavy atom. The van der Waals surface area contributed by atoms with E-state index in [0.29, 0.717) is 11.2 Å². The number of carbonyl (C=O) groups excluding carboxylic acids is 2. The van der Waals surface area contributed by atoms with Crippen molar-refractivity contribution in [1.29, 1.82) is 0 Å². The predicted molar refractivity (Wildman–Crippen MR) is 87.2 cm³/mol. The Kier molecular flexibility index (Phi) is 4.16. The number of hydrazine groups is 1. The Hall–Kier alpha value is -2.22. The number of rotatable bonds is 2. The fourth-order valence-electron chi connectivity index (χ4n) is 2.87. The fraction of sp³-hybridized carbons (Fsp3) is 0.467. The second kappa shape index (κ2) is 6.11. The molecule has 2 heterocycles. The number of nitrogens with zero attached hydrogens (tertiary/aromatic N) is 2. The van der Waals surface area contributed by atoms with Crippen molar-refractivity contribution in [3.8, 4) is 0 Å². The lowest BCUT2D eigenvalue weighted by molar-refractivity contribution is -0.128. The van der Waals surface area contributed by atoms with Gasteiger partial charge in [0.05, 0.1) is 5.39 Å². The van der Waals surface area contributed by atoms with Crippen LogP contribution in [0.25, 0.3) is 10.2 Å². The molecule has 8 heteroatoms. The third kappa shape index (κ3) is 2.98. The van der Waals surface area contributed by atoms with Gasteiger partial charge in [0.25, 0.3) is 11.5 Å². The molecule has 2 aromatic rings. The second-order valence-electron chi connectivity index (χ2n) is 5.67. The molecule has 0 radical (unpaired) electrons. The Morgan fingerprint density at radius 2 is 2.00 bits per heavy atom. The summed E-state index contributed by atoms with van der Waals surface area (Å²) < 4.78 is 1.36. The van der Waals surface area contributed by atoms with Crippen LogP contribution in [0.2, 0.25) is 0 Å². The average Bonchev–Trinajstić information content (AvgIpc) is 2.87. The molecule has 1 aliphatic carbocycles. The molecule has 2 amide bonds. The lowest BCUT2D eigenvalue weighted by Gasteiger charge is -2.12. The maximum Gasteiger partial charge on any atom is 0.263 e. The van der Waals surface area contributed by atoms with E-state index in [4.69, 9.17) is 0 Å². The minimum atomic E-state index is -0.462. The molecule has 0 aliphatic heterocycles. The molecule has 1 aliphatic rings. The van der Waals surface area contributed by atoms with Crippen molar-refractivity contribution in [1.82, 2.24) is 20.4 Å². The molecule has 2 aromatic heterocycles. The Labute approximate surface area is 136 Å². The van der Waals surface area contributed by atoms with Gasteiger partial charge in [-0.3, -0.25) is 29.8 Å². The lowest BCUT2D eigenvalue weighted by Crippen LogP contribution is -2.43. The van der Waals surface area contributed by atoms with Crippen molar-refractivity contribution >= 4 is 33.4 Å². The molecular weight excluding hydrogens is 316 g/mol. The summed E-state index contributed by atoms with van der Waals surface area (Å²) in [6, 6.07) is 0. The van der Waals surface area contributed by atoms with E-state index >= 15 is 0 Å². The van der Waals surface area contributed by atoms with Crippen LogP contribution in [0.1, 0.15) is 36.0 Å². The topological polar surface area (TPSA) is 93.1 Å². The molecule has 23 heavy (non-hydrogen) atoms. The zero-order valence-corrected chi connectivity index (χ0v) is 13.9. The van der Waals surface area contributed by atoms with E-state index < -0.39 is 5.91 Å². The van der Waals surface area contributed by atoms with Gasteiger partial charge in [-0.25, -0.2) is 4.98 Å². The third-order valence-corrected chi connectivity index (χ3v) is 5.13. The van der Waals surface area contributed by atoms with E-state index in [1.54, 1.807) is 18.3 Å². The fourth-order valence-corrected chi connectivity index (χ4v) is 4.16. The van der Waals surface area contributed by atoms with E-state index in [1.165, 1.54) is 16.4 Å². The summed E-state index contributed by atoms with van der Waals surface area (Å²) in [5.74, 6) is -0.336. The summed E-state index contributed by atoms with van der Waals surface area (Å²) in [5.41, 5.74) is 5.41. The smallest absolute Gasteiger partial charge is 0.263 e. The standard InChI is InChI=1S/C15H18N4O3S/c1-8-16-14-13(10-5-3-4-6-11(10)23-14)15(22)19(8)7-12(21)18-17-9(2)20/h3-7H2,1-2H3,(H,17,20)(H,18,21). The minimum absolute atomic E-state index is 0.168. The highest BCUT2D eigenvalue weighted by molar-refractivity contribution is 7.18. The molecule has 0 saturated heterocycles. The van der Waals surface area contributed by atoms with Gasteiger partial charge in [0.15, 0.2) is 0 Å². The highest BCUT2D eigenvalue weighted by atomic mass is 32.1. The maximum absolute atomic E-state index is 12.8. The van der Waals surface area contributed by atoms with E-state index in [-0.39, 0.29) is 18.0 Å². The van der Waals surface area contributed by atoms with Crippen molar-refractivity contribution in [3.63, 3.8) is 0 Å². The van der Waals surface area contributed by atoms with Gasteiger partial charge in [0.1, 0.15) is 17.2 Å². The largest absolute Gasteiger partial charge is 0.287 e. The molecular formula is C15H18N4O3S. The molecule has 7 nitrogen and oxygen atoms in total. The Bertz CT molecular complexity index is 853. The van der Waals surface area contributed by atoms with Crippen molar-refractivity contribution in [3.05, 3.63) is 26.6 Å². The molecule has 0 bridgehead atoms. The molecule has 0 unspecified atom stereocenters. The summed E-state index contributed by atoms with van der Waals surface area (Å²) in [4.78, 5) is 42.0. The molecule has 122 valence electrons. The number of hydrogen-bond donors (Lipinski definition) is 2. The monoisotopic (exact) mass is 334 g/mol. The highest BCUT2D eigenvalue weighted by Crippen LogP contribution is 2.33. The molecule has 2 N–H and O–H groups in total. The molecule has 0 fully saturated rings. The lowest BCUT2D eigenvalue weighted by atomic mass is 9.97. The number of fused-ring (bicyclic) bond motifs is 3. The summed E-state index contributed by atoms with van der Waals surface area (Å²) in [6.45, 7) is 2.84. The van der Waals surface area contributed by atoms with Crippen molar-refractivity contribution < 1.29 is 9.59 Å². The number of thiophene rings is 1. The van der Waals surface area contributed by atoms with E-state index in [0.717, 1.165) is 36.1 Å². The van der Waals surface area contributed by atoms with Crippen LogP contribution in [0.5, 0.6) is 0 Å². The first-order valence-electron chi connectivity index (χ1n) is 7.54. The normalized spacial score (nSPS) is 13.7. The van der Waals surface area contributed by atoms with Crippen LogP contribution in [-0.4, -0.2) is 21.4 Å². The van der Waals surface area contributed by atoms with Gasteiger partial charge < -0.3 is 0 Å². The van der Waals surface area contributed by atoms with Gasteiger partial charge in [0.2, 0.25) is 5.91 Å². The van der Waals surface area contributed by atoms with Crippen LogP contribution in [0.4, 0.5) is 0 Å². The van der Waals surface area contributed by atoms with Crippen LogP contribution in [0, 0.1) is 6.92 Å². The maximum atomic E-state index is 12.8. The van der Waals surface area contributed by atoms with Crippen LogP contribution < -0.4 is 16.4 Å². The number of amides is 2. The molecule has 0 aromatic carbocycles. The number of carbonyl (C=O) groups is 2. The summed E-state index contributed by atoms with van der Waals surface area (Å²) in [5, 5.41) is 0.655. The SMILES string of the molecule is CC(=O)NNC(=O)Cn1c(C)nc2sc3c(c2c1=O)CCCC3. The number of nitrogens with one attached hydrogen (secondary N) is 2. The second-order valence-corrected chi connectivity index (χ2v) is 6.75. The summed E-state index contributed by atoms with van der Waals surface area (Å²) in [6.07, 6.45) is 4.12. The van der Waals surface area contributed by atoms with Crippen LogP contribution in [0.3, 0.4) is 0 Å². The van der Waals surface area contributed by atoms with E-state index in [9.17, 15) is 14.4 Å². The average molecular weight is 334 g/mol. The van der Waals surface area contributed by atoms with Gasteiger partial charge in [-0.1, -0.05) is 0 Å².